The highest BCUT2D eigenvalue weighted by Crippen LogP contribution is 2.27. The topological polar surface area (TPSA) is 63.7 Å². The Morgan fingerprint density at radius 2 is 2.32 bits per heavy atom. The molecule has 1 N–H and O–H groups in total. The largest absolute Gasteiger partial charge is 0.420 e. The first-order chi connectivity index (χ1) is 9.06. The lowest BCUT2D eigenvalue weighted by Crippen LogP contribution is -2.10. The van der Waals surface area contributed by atoms with Crippen LogP contribution < -0.4 is 4.74 Å². The van der Waals surface area contributed by atoms with Gasteiger partial charge < -0.3 is 14.6 Å². The van der Waals surface area contributed by atoms with Crippen molar-refractivity contribution in [1.82, 2.24) is 4.98 Å². The molecule has 2 aromatic rings. The third-order valence-electron chi connectivity index (χ3n) is 2.06. The normalized spacial score (nSPS) is 11.3. The summed E-state index contributed by atoms with van der Waals surface area (Å²) in [7, 11) is 0. The molecule has 0 unspecified atom stereocenters. The highest BCUT2D eigenvalue weighted by Gasteiger charge is 2.08. The fraction of sp³-hybridized carbons (Fsp3) is 0.250. The van der Waals surface area contributed by atoms with E-state index in [1.54, 1.807) is 12.1 Å². The van der Waals surface area contributed by atoms with E-state index in [0.29, 0.717) is 15.2 Å². The Morgan fingerprint density at radius 3 is 3.05 bits per heavy atom. The first-order valence-corrected chi connectivity index (χ1v) is 6.81. The molecule has 1 aromatic carbocycles. The van der Waals surface area contributed by atoms with Gasteiger partial charge in [-0.3, -0.25) is 0 Å². The van der Waals surface area contributed by atoms with Gasteiger partial charge in [0.1, 0.15) is 11.6 Å². The highest BCUT2D eigenvalue weighted by molar-refractivity contribution is 7.73. The highest BCUT2D eigenvalue weighted by atomic mass is 32.1. The second kappa shape index (κ2) is 5.94. The molecule has 5 nitrogen and oxygen atoms in total. The van der Waals surface area contributed by atoms with Crippen LogP contribution >= 0.6 is 23.6 Å². The zero-order chi connectivity index (χ0) is 13.8. The molecule has 0 bridgehead atoms. The van der Waals surface area contributed by atoms with Gasteiger partial charge in [0.15, 0.2) is 15.9 Å². The summed E-state index contributed by atoms with van der Waals surface area (Å²) < 4.78 is 6.75. The van der Waals surface area contributed by atoms with Gasteiger partial charge in [0.25, 0.3) is 0 Å². The predicted molar refractivity (Wildman–Crippen MR) is 77.4 cm³/mol. The summed E-state index contributed by atoms with van der Waals surface area (Å²) in [5, 5.41) is 3.52. The first-order valence-electron chi connectivity index (χ1n) is 5.59. The maximum Gasteiger partial charge on any atom is 0.358 e. The molecule has 0 aliphatic heterocycles. The molecule has 0 aliphatic carbocycles. The summed E-state index contributed by atoms with van der Waals surface area (Å²) in [6, 6.07) is 5.39. The van der Waals surface area contributed by atoms with Crippen molar-refractivity contribution in [1.29, 1.82) is 0 Å². The molecule has 1 aromatic heterocycles. The van der Waals surface area contributed by atoms with Gasteiger partial charge in [-0.1, -0.05) is 11.2 Å². The SMILES string of the molecule is CC(C)ON=CC(=O)Oc1cccc2sc(=S)[nH]c12. The minimum atomic E-state index is -0.598. The van der Waals surface area contributed by atoms with Crippen LogP contribution in [0, 0.1) is 3.95 Å². The van der Waals surface area contributed by atoms with E-state index in [0.717, 1.165) is 10.9 Å². The average molecular weight is 296 g/mol. The number of oxime groups is 1. The van der Waals surface area contributed by atoms with E-state index in [4.69, 9.17) is 21.8 Å². The van der Waals surface area contributed by atoms with Crippen LogP contribution in [0.2, 0.25) is 0 Å². The molecule has 2 rings (SSSR count). The van der Waals surface area contributed by atoms with E-state index < -0.39 is 5.97 Å². The number of ether oxygens (including phenoxy) is 1. The molecule has 100 valence electrons. The Morgan fingerprint density at radius 1 is 1.53 bits per heavy atom. The van der Waals surface area contributed by atoms with Gasteiger partial charge in [-0.25, -0.2) is 4.79 Å². The fourth-order valence-corrected chi connectivity index (χ4v) is 2.49. The number of benzene rings is 1. The van der Waals surface area contributed by atoms with Gasteiger partial charge in [-0.2, -0.15) is 0 Å². The number of hydrogen-bond acceptors (Lipinski definition) is 6. The number of fused-ring (bicyclic) bond motifs is 1. The lowest BCUT2D eigenvalue weighted by Gasteiger charge is -2.03. The Bertz CT molecular complexity index is 673. The quantitative estimate of drug-likeness (QED) is 0.309. The Hall–Kier alpha value is -1.73. The van der Waals surface area contributed by atoms with Crippen molar-refractivity contribution in [3.05, 3.63) is 22.2 Å². The number of nitrogens with zero attached hydrogens (tertiary/aromatic N) is 1. The van der Waals surface area contributed by atoms with E-state index in [1.807, 2.05) is 19.9 Å². The summed E-state index contributed by atoms with van der Waals surface area (Å²) in [6.07, 6.45) is 0.917. The van der Waals surface area contributed by atoms with E-state index in [-0.39, 0.29) is 6.10 Å². The minimum absolute atomic E-state index is 0.0829. The van der Waals surface area contributed by atoms with Gasteiger partial charge in [0.05, 0.1) is 4.70 Å². The number of para-hydroxylation sites is 1. The van der Waals surface area contributed by atoms with Gasteiger partial charge in [-0.05, 0) is 38.2 Å². The number of nitrogens with one attached hydrogen (secondary N) is 1. The summed E-state index contributed by atoms with van der Waals surface area (Å²) >= 11 is 6.49. The number of aromatic nitrogens is 1. The Kier molecular flexibility index (Phi) is 4.28. The zero-order valence-electron chi connectivity index (χ0n) is 10.4. The number of hydrogen-bond donors (Lipinski definition) is 1. The minimum Gasteiger partial charge on any atom is -0.420 e. The summed E-state index contributed by atoms with van der Waals surface area (Å²) in [6.45, 7) is 3.63. The molecule has 0 spiro atoms. The van der Waals surface area contributed by atoms with Crippen LogP contribution in [0.3, 0.4) is 0 Å². The molecule has 0 radical (unpaired) electrons. The predicted octanol–water partition coefficient (Wildman–Crippen LogP) is 3.28. The molecule has 0 saturated carbocycles. The number of carbonyl (C=O) groups excluding carboxylic acids is 1. The van der Waals surface area contributed by atoms with Crippen LogP contribution in [0.4, 0.5) is 0 Å². The van der Waals surface area contributed by atoms with Crippen LogP contribution in [0.1, 0.15) is 13.8 Å². The van der Waals surface area contributed by atoms with Crippen molar-refractivity contribution in [2.24, 2.45) is 5.16 Å². The third-order valence-corrected chi connectivity index (χ3v) is 3.26. The summed E-state index contributed by atoms with van der Waals surface area (Å²) in [4.78, 5) is 19.4. The number of esters is 1. The van der Waals surface area contributed by atoms with Crippen molar-refractivity contribution in [2.45, 2.75) is 20.0 Å². The Labute approximate surface area is 118 Å². The Balaban J connectivity index is 2.15. The smallest absolute Gasteiger partial charge is 0.358 e. The van der Waals surface area contributed by atoms with Crippen LogP contribution in [-0.2, 0) is 9.63 Å². The lowest BCUT2D eigenvalue weighted by atomic mass is 10.3. The van der Waals surface area contributed by atoms with E-state index in [2.05, 4.69) is 10.1 Å². The molecular weight excluding hydrogens is 284 g/mol. The van der Waals surface area contributed by atoms with E-state index in [1.165, 1.54) is 11.3 Å². The van der Waals surface area contributed by atoms with Gasteiger partial charge in [0.2, 0.25) is 0 Å². The first kappa shape index (κ1) is 13.7. The molecule has 0 amide bonds. The summed E-state index contributed by atoms with van der Waals surface area (Å²) in [5.41, 5.74) is 0.712. The van der Waals surface area contributed by atoms with Crippen molar-refractivity contribution in [3.63, 3.8) is 0 Å². The van der Waals surface area contributed by atoms with Crippen molar-refractivity contribution in [2.75, 3.05) is 0 Å². The average Bonchev–Trinajstić information content (AvgIpc) is 2.70. The maximum absolute atomic E-state index is 11.6. The maximum atomic E-state index is 11.6. The summed E-state index contributed by atoms with van der Waals surface area (Å²) in [5.74, 6) is -0.176. The third kappa shape index (κ3) is 3.62. The number of aromatic amines is 1. The van der Waals surface area contributed by atoms with Crippen LogP contribution in [0.15, 0.2) is 23.4 Å². The van der Waals surface area contributed by atoms with Crippen LogP contribution in [-0.4, -0.2) is 23.3 Å². The molecule has 1 heterocycles. The monoisotopic (exact) mass is 296 g/mol. The van der Waals surface area contributed by atoms with E-state index in [9.17, 15) is 4.79 Å². The number of thiazole rings is 1. The molecule has 0 atom stereocenters. The second-order valence-corrected chi connectivity index (χ2v) is 5.67. The van der Waals surface area contributed by atoms with Gasteiger partial charge >= 0.3 is 5.97 Å². The molecule has 19 heavy (non-hydrogen) atoms. The van der Waals surface area contributed by atoms with Crippen molar-refractivity contribution in [3.8, 4) is 5.75 Å². The molecule has 7 heteroatoms. The molecular formula is C12H12N2O3S2. The van der Waals surface area contributed by atoms with Crippen LogP contribution in [0.5, 0.6) is 5.75 Å². The number of rotatable bonds is 4. The molecule has 0 aliphatic rings. The van der Waals surface area contributed by atoms with Gasteiger partial charge in [0, 0.05) is 0 Å². The number of H-pyrrole nitrogens is 1. The standard InChI is InChI=1S/C12H12N2O3S2/c1-7(2)17-13-6-10(15)16-8-4-3-5-9-11(8)14-12(18)19-9/h3-7H,1-2H3,(H,14,18). The lowest BCUT2D eigenvalue weighted by molar-refractivity contribution is -0.126. The van der Waals surface area contributed by atoms with Gasteiger partial charge in [-0.15, -0.1) is 11.3 Å². The molecule has 0 saturated heterocycles. The fourth-order valence-electron chi connectivity index (χ4n) is 1.36. The van der Waals surface area contributed by atoms with Crippen molar-refractivity contribution < 1.29 is 14.4 Å². The van der Waals surface area contributed by atoms with Crippen molar-refractivity contribution >= 4 is 46.0 Å². The second-order valence-electron chi connectivity index (χ2n) is 3.95. The van der Waals surface area contributed by atoms with E-state index >= 15 is 0 Å². The number of carbonyl (C=O) groups is 1. The zero-order valence-corrected chi connectivity index (χ0v) is 12.0. The molecule has 0 fully saturated rings. The van der Waals surface area contributed by atoms with Crippen LogP contribution in [0.25, 0.3) is 10.2 Å².